The average Bonchev–Trinajstić information content (AvgIpc) is 2.43. The fourth-order valence-corrected chi connectivity index (χ4v) is 1.89. The predicted octanol–water partition coefficient (Wildman–Crippen LogP) is 1.87. The molecule has 0 fully saturated rings. The van der Waals surface area contributed by atoms with Crippen molar-refractivity contribution in [1.82, 2.24) is 5.32 Å². The van der Waals surface area contributed by atoms with Crippen LogP contribution in [0.1, 0.15) is 31.7 Å². The van der Waals surface area contributed by atoms with Crippen LogP contribution in [-0.4, -0.2) is 25.6 Å². The van der Waals surface area contributed by atoms with Crippen molar-refractivity contribution in [3.63, 3.8) is 0 Å². The fraction of sp³-hybridized carbons (Fsp3) is 0.533. The maximum absolute atomic E-state index is 11.7. The van der Waals surface area contributed by atoms with Gasteiger partial charge in [-0.25, -0.2) is 0 Å². The molecular formula is C15H24N2O2. The molecule has 0 aliphatic carbocycles. The van der Waals surface area contributed by atoms with Gasteiger partial charge in [0.15, 0.2) is 0 Å². The third-order valence-electron chi connectivity index (χ3n) is 3.05. The van der Waals surface area contributed by atoms with Crippen LogP contribution < -0.4 is 15.8 Å². The van der Waals surface area contributed by atoms with E-state index < -0.39 is 0 Å². The zero-order valence-electron chi connectivity index (χ0n) is 11.8. The number of rotatable bonds is 8. The number of ether oxygens (including phenoxy) is 1. The second kappa shape index (κ2) is 8.53. The van der Waals surface area contributed by atoms with Gasteiger partial charge >= 0.3 is 0 Å². The molecule has 1 rings (SSSR count). The van der Waals surface area contributed by atoms with Crippen LogP contribution in [0.5, 0.6) is 5.75 Å². The van der Waals surface area contributed by atoms with E-state index in [0.717, 1.165) is 30.6 Å². The van der Waals surface area contributed by atoms with Crippen molar-refractivity contribution >= 4 is 5.91 Å². The molecule has 1 atom stereocenters. The van der Waals surface area contributed by atoms with E-state index in [1.807, 2.05) is 31.2 Å². The molecule has 1 unspecified atom stereocenters. The third kappa shape index (κ3) is 6.25. The standard InChI is InChI=1S/C15H24N2O2/c1-12(4-3-11-16)17-15(18)10-7-13-5-8-14(19-2)9-6-13/h5-6,8-9,12H,3-4,7,10-11,16H2,1-2H3,(H,17,18). The van der Waals surface area contributed by atoms with Gasteiger partial charge in [0.25, 0.3) is 0 Å². The van der Waals surface area contributed by atoms with Crippen molar-refractivity contribution in [2.45, 2.75) is 38.6 Å². The van der Waals surface area contributed by atoms with E-state index in [-0.39, 0.29) is 11.9 Å². The van der Waals surface area contributed by atoms with Gasteiger partial charge in [0, 0.05) is 12.5 Å². The Morgan fingerprint density at radius 1 is 1.37 bits per heavy atom. The van der Waals surface area contributed by atoms with E-state index in [0.29, 0.717) is 13.0 Å². The Labute approximate surface area is 115 Å². The summed E-state index contributed by atoms with van der Waals surface area (Å²) in [6.45, 7) is 2.69. The maximum Gasteiger partial charge on any atom is 0.220 e. The summed E-state index contributed by atoms with van der Waals surface area (Å²) < 4.78 is 5.10. The van der Waals surface area contributed by atoms with Gasteiger partial charge in [-0.3, -0.25) is 4.79 Å². The molecular weight excluding hydrogens is 240 g/mol. The largest absolute Gasteiger partial charge is 0.497 e. The minimum atomic E-state index is 0.0975. The van der Waals surface area contributed by atoms with Gasteiger partial charge in [-0.2, -0.15) is 0 Å². The van der Waals surface area contributed by atoms with Crippen LogP contribution in [0, 0.1) is 0 Å². The van der Waals surface area contributed by atoms with E-state index in [1.165, 1.54) is 0 Å². The lowest BCUT2D eigenvalue weighted by molar-refractivity contribution is -0.121. The van der Waals surface area contributed by atoms with Gasteiger partial charge in [0.05, 0.1) is 7.11 Å². The number of methoxy groups -OCH3 is 1. The molecule has 1 aromatic carbocycles. The molecule has 0 spiro atoms. The minimum Gasteiger partial charge on any atom is -0.497 e. The first-order chi connectivity index (χ1) is 9.15. The summed E-state index contributed by atoms with van der Waals surface area (Å²) in [6, 6.07) is 8.01. The molecule has 0 bridgehead atoms. The lowest BCUT2D eigenvalue weighted by atomic mass is 10.1. The monoisotopic (exact) mass is 264 g/mol. The van der Waals surface area contributed by atoms with Crippen LogP contribution >= 0.6 is 0 Å². The molecule has 106 valence electrons. The summed E-state index contributed by atoms with van der Waals surface area (Å²) in [6.07, 6.45) is 3.14. The molecule has 0 aliphatic heterocycles. The molecule has 0 saturated carbocycles. The summed E-state index contributed by atoms with van der Waals surface area (Å²) in [7, 11) is 1.64. The molecule has 0 heterocycles. The van der Waals surface area contributed by atoms with E-state index in [4.69, 9.17) is 10.5 Å². The first-order valence-corrected chi connectivity index (χ1v) is 6.78. The number of aryl methyl sites for hydroxylation is 1. The molecule has 0 radical (unpaired) electrons. The number of carbonyl (C=O) groups is 1. The van der Waals surface area contributed by atoms with Crippen molar-refractivity contribution in [2.24, 2.45) is 5.73 Å². The van der Waals surface area contributed by atoms with E-state index in [9.17, 15) is 4.79 Å². The maximum atomic E-state index is 11.7. The van der Waals surface area contributed by atoms with Crippen molar-refractivity contribution < 1.29 is 9.53 Å². The molecule has 4 nitrogen and oxygen atoms in total. The number of nitrogens with one attached hydrogen (secondary N) is 1. The van der Waals surface area contributed by atoms with Crippen LogP contribution in [0.4, 0.5) is 0 Å². The molecule has 1 amide bonds. The SMILES string of the molecule is COc1ccc(CCC(=O)NC(C)CCCN)cc1. The quantitative estimate of drug-likeness (QED) is 0.753. The van der Waals surface area contributed by atoms with Gasteiger partial charge in [-0.1, -0.05) is 12.1 Å². The van der Waals surface area contributed by atoms with Crippen LogP contribution in [0.25, 0.3) is 0 Å². The first kappa shape index (κ1) is 15.5. The highest BCUT2D eigenvalue weighted by Gasteiger charge is 2.07. The predicted molar refractivity (Wildman–Crippen MR) is 77.2 cm³/mol. The number of hydrogen-bond acceptors (Lipinski definition) is 3. The Balaban J connectivity index is 2.28. The van der Waals surface area contributed by atoms with Crippen LogP contribution in [0.3, 0.4) is 0 Å². The summed E-state index contributed by atoms with van der Waals surface area (Å²) in [5.74, 6) is 0.934. The van der Waals surface area contributed by atoms with Crippen LogP contribution in [-0.2, 0) is 11.2 Å². The normalized spacial score (nSPS) is 11.9. The number of amides is 1. The lowest BCUT2D eigenvalue weighted by Gasteiger charge is -2.13. The highest BCUT2D eigenvalue weighted by atomic mass is 16.5. The molecule has 4 heteroatoms. The summed E-state index contributed by atoms with van der Waals surface area (Å²) in [5.41, 5.74) is 6.59. The van der Waals surface area contributed by atoms with Crippen molar-refractivity contribution in [2.75, 3.05) is 13.7 Å². The summed E-state index contributed by atoms with van der Waals surface area (Å²) >= 11 is 0. The number of carbonyl (C=O) groups excluding carboxylic acids is 1. The molecule has 0 aromatic heterocycles. The summed E-state index contributed by atoms with van der Waals surface area (Å²) in [5, 5.41) is 2.99. The number of nitrogens with two attached hydrogens (primary N) is 1. The van der Waals surface area contributed by atoms with Gasteiger partial charge in [0.1, 0.15) is 5.75 Å². The van der Waals surface area contributed by atoms with Crippen molar-refractivity contribution in [3.8, 4) is 5.75 Å². The molecule has 1 aromatic rings. The number of benzene rings is 1. The second-order valence-electron chi connectivity index (χ2n) is 4.75. The highest BCUT2D eigenvalue weighted by Crippen LogP contribution is 2.12. The molecule has 0 aliphatic rings. The third-order valence-corrected chi connectivity index (χ3v) is 3.05. The highest BCUT2D eigenvalue weighted by molar-refractivity contribution is 5.76. The van der Waals surface area contributed by atoms with Crippen LogP contribution in [0.15, 0.2) is 24.3 Å². The van der Waals surface area contributed by atoms with E-state index in [2.05, 4.69) is 5.32 Å². The first-order valence-electron chi connectivity index (χ1n) is 6.78. The Bertz CT molecular complexity index is 376. The Hall–Kier alpha value is -1.55. The van der Waals surface area contributed by atoms with Gasteiger partial charge in [0.2, 0.25) is 5.91 Å². The van der Waals surface area contributed by atoms with Crippen molar-refractivity contribution in [3.05, 3.63) is 29.8 Å². The van der Waals surface area contributed by atoms with Gasteiger partial charge in [-0.05, 0) is 50.4 Å². The lowest BCUT2D eigenvalue weighted by Crippen LogP contribution is -2.33. The smallest absolute Gasteiger partial charge is 0.220 e. The second-order valence-corrected chi connectivity index (χ2v) is 4.75. The Morgan fingerprint density at radius 2 is 2.05 bits per heavy atom. The average molecular weight is 264 g/mol. The fourth-order valence-electron chi connectivity index (χ4n) is 1.89. The van der Waals surface area contributed by atoms with E-state index in [1.54, 1.807) is 7.11 Å². The van der Waals surface area contributed by atoms with Gasteiger partial charge < -0.3 is 15.8 Å². The summed E-state index contributed by atoms with van der Waals surface area (Å²) in [4.78, 5) is 11.7. The molecule has 3 N–H and O–H groups in total. The Morgan fingerprint density at radius 3 is 2.63 bits per heavy atom. The molecule has 19 heavy (non-hydrogen) atoms. The zero-order valence-corrected chi connectivity index (χ0v) is 11.8. The topological polar surface area (TPSA) is 64.3 Å². The zero-order chi connectivity index (χ0) is 14.1. The van der Waals surface area contributed by atoms with Crippen molar-refractivity contribution in [1.29, 1.82) is 0 Å². The number of hydrogen-bond donors (Lipinski definition) is 2. The minimum absolute atomic E-state index is 0.0975. The Kier molecular flexibility index (Phi) is 6.97. The van der Waals surface area contributed by atoms with E-state index >= 15 is 0 Å². The van der Waals surface area contributed by atoms with Crippen LogP contribution in [0.2, 0.25) is 0 Å². The van der Waals surface area contributed by atoms with Gasteiger partial charge in [-0.15, -0.1) is 0 Å². The molecule has 0 saturated heterocycles.